The third-order valence-corrected chi connectivity index (χ3v) is 2.99. The van der Waals surface area contributed by atoms with Gasteiger partial charge in [-0.05, 0) is 30.9 Å². The Kier molecular flexibility index (Phi) is 5.99. The summed E-state index contributed by atoms with van der Waals surface area (Å²) in [5.74, 6) is 0. The normalized spacial score (nSPS) is 10.4. The van der Waals surface area contributed by atoms with Crippen LogP contribution in [0.2, 0.25) is 0 Å². The Hall–Kier alpha value is -0.980. The number of aryl methyl sites for hydroxylation is 1. The van der Waals surface area contributed by atoms with E-state index >= 15 is 0 Å². The van der Waals surface area contributed by atoms with Crippen LogP contribution >= 0.6 is 0 Å². The molecule has 16 heavy (non-hydrogen) atoms. The van der Waals surface area contributed by atoms with Crippen LogP contribution in [0, 0.1) is 0 Å². The molecule has 0 bridgehead atoms. The summed E-state index contributed by atoms with van der Waals surface area (Å²) in [5.41, 5.74) is 2.92. The molecule has 0 aliphatic heterocycles. The lowest BCUT2D eigenvalue weighted by molar-refractivity contribution is 0.701. The van der Waals surface area contributed by atoms with Gasteiger partial charge in [0.05, 0.1) is 0 Å². The second kappa shape index (κ2) is 7.32. The lowest BCUT2D eigenvalue weighted by Crippen LogP contribution is -2.26. The van der Waals surface area contributed by atoms with Crippen molar-refractivity contribution in [1.82, 2.24) is 0 Å². The molecule has 0 spiro atoms. The number of hydrogen-bond donors (Lipinski definition) is 0. The van der Waals surface area contributed by atoms with Gasteiger partial charge in [-0.3, -0.25) is 0 Å². The molecule has 0 heterocycles. The summed E-state index contributed by atoms with van der Waals surface area (Å²) in [4.78, 5) is 2.54. The number of para-hydroxylation sites is 1. The van der Waals surface area contributed by atoms with Crippen LogP contribution in [0.1, 0.15) is 45.6 Å². The van der Waals surface area contributed by atoms with Gasteiger partial charge in [0.25, 0.3) is 0 Å². The molecule has 1 rings (SSSR count). The van der Waals surface area contributed by atoms with E-state index in [1.54, 1.807) is 0 Å². The van der Waals surface area contributed by atoms with Gasteiger partial charge >= 0.3 is 0 Å². The standard InChI is InChI=1S/C15H25N/c1-4-7-13-16(12-5-2)15-11-9-8-10-14(15)6-3/h8-11H,4-7,12-13H2,1-3H3. The van der Waals surface area contributed by atoms with Crippen molar-refractivity contribution in [2.45, 2.75) is 46.5 Å². The van der Waals surface area contributed by atoms with Gasteiger partial charge < -0.3 is 4.90 Å². The first-order valence-electron chi connectivity index (χ1n) is 6.66. The Morgan fingerprint density at radius 3 is 2.31 bits per heavy atom. The van der Waals surface area contributed by atoms with Crippen molar-refractivity contribution in [1.29, 1.82) is 0 Å². The molecule has 0 atom stereocenters. The number of rotatable bonds is 7. The van der Waals surface area contributed by atoms with Crippen molar-refractivity contribution in [2.24, 2.45) is 0 Å². The number of unbranched alkanes of at least 4 members (excludes halogenated alkanes) is 1. The highest BCUT2D eigenvalue weighted by molar-refractivity contribution is 5.53. The summed E-state index contributed by atoms with van der Waals surface area (Å²) < 4.78 is 0. The Balaban J connectivity index is 2.81. The maximum atomic E-state index is 2.54. The van der Waals surface area contributed by atoms with Gasteiger partial charge in [0.1, 0.15) is 0 Å². The van der Waals surface area contributed by atoms with Gasteiger partial charge in [0, 0.05) is 18.8 Å². The Labute approximate surface area is 100 Å². The van der Waals surface area contributed by atoms with Crippen molar-refractivity contribution in [3.05, 3.63) is 29.8 Å². The fourth-order valence-electron chi connectivity index (χ4n) is 2.09. The molecule has 1 nitrogen and oxygen atoms in total. The van der Waals surface area contributed by atoms with Crippen LogP contribution in [0.15, 0.2) is 24.3 Å². The molecule has 0 aromatic heterocycles. The van der Waals surface area contributed by atoms with Crippen molar-refractivity contribution < 1.29 is 0 Å². The Bertz CT molecular complexity index is 293. The summed E-state index contributed by atoms with van der Waals surface area (Å²) in [6.45, 7) is 9.13. The van der Waals surface area contributed by atoms with E-state index in [2.05, 4.69) is 49.9 Å². The first-order valence-corrected chi connectivity index (χ1v) is 6.66. The van der Waals surface area contributed by atoms with E-state index in [1.807, 2.05) is 0 Å². The van der Waals surface area contributed by atoms with Crippen molar-refractivity contribution in [3.63, 3.8) is 0 Å². The highest BCUT2D eigenvalue weighted by atomic mass is 15.1. The first kappa shape index (κ1) is 13.1. The summed E-state index contributed by atoms with van der Waals surface area (Å²) in [6, 6.07) is 8.82. The zero-order valence-electron chi connectivity index (χ0n) is 11.0. The van der Waals surface area contributed by atoms with Gasteiger partial charge in [0.15, 0.2) is 0 Å². The molecule has 0 amide bonds. The second-order valence-electron chi connectivity index (χ2n) is 4.32. The molecule has 0 N–H and O–H groups in total. The van der Waals surface area contributed by atoms with Gasteiger partial charge in [-0.25, -0.2) is 0 Å². The van der Waals surface area contributed by atoms with E-state index in [1.165, 1.54) is 43.6 Å². The van der Waals surface area contributed by atoms with Gasteiger partial charge in [-0.15, -0.1) is 0 Å². The molecule has 0 unspecified atom stereocenters. The molecule has 90 valence electrons. The largest absolute Gasteiger partial charge is 0.371 e. The minimum atomic E-state index is 1.13. The predicted molar refractivity (Wildman–Crippen MR) is 73.2 cm³/mol. The molecule has 0 saturated heterocycles. The fraction of sp³-hybridized carbons (Fsp3) is 0.600. The minimum absolute atomic E-state index is 1.13. The average Bonchev–Trinajstić information content (AvgIpc) is 2.34. The van der Waals surface area contributed by atoms with Crippen LogP contribution in [-0.2, 0) is 6.42 Å². The smallest absolute Gasteiger partial charge is 0.0398 e. The van der Waals surface area contributed by atoms with Crippen LogP contribution in [-0.4, -0.2) is 13.1 Å². The van der Waals surface area contributed by atoms with Crippen LogP contribution in [0.5, 0.6) is 0 Å². The molecule has 1 aromatic rings. The van der Waals surface area contributed by atoms with Crippen LogP contribution < -0.4 is 4.90 Å². The third-order valence-electron chi connectivity index (χ3n) is 2.99. The van der Waals surface area contributed by atoms with Crippen molar-refractivity contribution in [3.8, 4) is 0 Å². The lowest BCUT2D eigenvalue weighted by Gasteiger charge is -2.26. The average molecular weight is 219 g/mol. The zero-order valence-corrected chi connectivity index (χ0v) is 11.0. The van der Waals surface area contributed by atoms with Crippen LogP contribution in [0.3, 0.4) is 0 Å². The highest BCUT2D eigenvalue weighted by Gasteiger charge is 2.08. The summed E-state index contributed by atoms with van der Waals surface area (Å²) in [7, 11) is 0. The third kappa shape index (κ3) is 3.55. The van der Waals surface area contributed by atoms with Gasteiger partial charge in [-0.2, -0.15) is 0 Å². The molecule has 1 aromatic carbocycles. The van der Waals surface area contributed by atoms with Gasteiger partial charge in [0.2, 0.25) is 0 Å². The van der Waals surface area contributed by atoms with Crippen LogP contribution in [0.25, 0.3) is 0 Å². The lowest BCUT2D eigenvalue weighted by atomic mass is 10.1. The molecule has 0 radical (unpaired) electrons. The second-order valence-corrected chi connectivity index (χ2v) is 4.32. The zero-order chi connectivity index (χ0) is 11.8. The van der Waals surface area contributed by atoms with E-state index in [0.29, 0.717) is 0 Å². The Morgan fingerprint density at radius 1 is 0.938 bits per heavy atom. The minimum Gasteiger partial charge on any atom is -0.371 e. The number of nitrogens with zero attached hydrogens (tertiary/aromatic N) is 1. The van der Waals surface area contributed by atoms with Gasteiger partial charge in [-0.1, -0.05) is 45.4 Å². The summed E-state index contributed by atoms with van der Waals surface area (Å²) >= 11 is 0. The maximum absolute atomic E-state index is 2.54. The number of benzene rings is 1. The van der Waals surface area contributed by atoms with E-state index in [-0.39, 0.29) is 0 Å². The fourth-order valence-corrected chi connectivity index (χ4v) is 2.09. The monoisotopic (exact) mass is 219 g/mol. The first-order chi connectivity index (χ1) is 7.83. The molecular formula is C15H25N. The quantitative estimate of drug-likeness (QED) is 0.662. The molecule has 0 aliphatic rings. The SMILES string of the molecule is CCCCN(CCC)c1ccccc1CC. The number of hydrogen-bond acceptors (Lipinski definition) is 1. The molecule has 0 fully saturated rings. The van der Waals surface area contributed by atoms with E-state index in [0.717, 1.165) is 6.42 Å². The predicted octanol–water partition coefficient (Wildman–Crippen LogP) is 4.27. The highest BCUT2D eigenvalue weighted by Crippen LogP contribution is 2.21. The van der Waals surface area contributed by atoms with Crippen molar-refractivity contribution >= 4 is 5.69 Å². The van der Waals surface area contributed by atoms with E-state index in [4.69, 9.17) is 0 Å². The van der Waals surface area contributed by atoms with Crippen LogP contribution in [0.4, 0.5) is 5.69 Å². The topological polar surface area (TPSA) is 3.24 Å². The molecule has 0 saturated carbocycles. The molecule has 0 aliphatic carbocycles. The number of anilines is 1. The summed E-state index contributed by atoms with van der Waals surface area (Å²) in [6.07, 6.45) is 4.91. The Morgan fingerprint density at radius 2 is 1.69 bits per heavy atom. The molecule has 1 heteroatoms. The van der Waals surface area contributed by atoms with E-state index in [9.17, 15) is 0 Å². The molecular weight excluding hydrogens is 194 g/mol. The van der Waals surface area contributed by atoms with Crippen molar-refractivity contribution in [2.75, 3.05) is 18.0 Å². The summed E-state index contributed by atoms with van der Waals surface area (Å²) in [5, 5.41) is 0. The van der Waals surface area contributed by atoms with E-state index < -0.39 is 0 Å². The maximum Gasteiger partial charge on any atom is 0.0398 e.